The molecule has 0 bridgehead atoms. The van der Waals surface area contributed by atoms with Gasteiger partial charge in [0.25, 0.3) is 0 Å². The maximum Gasteiger partial charge on any atom is 0.142 e. The van der Waals surface area contributed by atoms with Crippen molar-refractivity contribution >= 4 is 0 Å². The summed E-state index contributed by atoms with van der Waals surface area (Å²) in [7, 11) is 2.02. The highest BCUT2D eigenvalue weighted by Crippen LogP contribution is 2.20. The molecule has 0 aliphatic heterocycles. The summed E-state index contributed by atoms with van der Waals surface area (Å²) < 4.78 is 0. The van der Waals surface area contributed by atoms with Gasteiger partial charge >= 0.3 is 0 Å². The molecule has 0 saturated carbocycles. The number of rotatable bonds is 5. The molecule has 0 amide bonds. The van der Waals surface area contributed by atoms with Crippen molar-refractivity contribution in [3.8, 4) is 6.07 Å². The first-order chi connectivity index (χ1) is 8.40. The zero-order valence-electron chi connectivity index (χ0n) is 11.7. The normalized spacial score (nSPS) is 16.3. The van der Waals surface area contributed by atoms with E-state index >= 15 is 0 Å². The van der Waals surface area contributed by atoms with Crippen LogP contribution in [0.4, 0.5) is 0 Å². The Morgan fingerprint density at radius 1 is 1.28 bits per heavy atom. The SMILES string of the molecule is CC(C)C(C)N(C)CC(N)(C#N)c1ccccc1. The molecule has 0 aliphatic carbocycles. The Balaban J connectivity index is 2.88. The Hall–Kier alpha value is -1.37. The van der Waals surface area contributed by atoms with Crippen molar-refractivity contribution in [2.45, 2.75) is 32.4 Å². The van der Waals surface area contributed by atoms with Crippen LogP contribution in [-0.4, -0.2) is 24.5 Å². The van der Waals surface area contributed by atoms with Crippen LogP contribution in [0.1, 0.15) is 26.3 Å². The summed E-state index contributed by atoms with van der Waals surface area (Å²) >= 11 is 0. The number of hydrogen-bond acceptors (Lipinski definition) is 3. The van der Waals surface area contributed by atoms with Gasteiger partial charge in [-0.05, 0) is 25.5 Å². The fourth-order valence-electron chi connectivity index (χ4n) is 1.97. The molecule has 0 radical (unpaired) electrons. The average molecular weight is 245 g/mol. The van der Waals surface area contributed by atoms with Gasteiger partial charge in [-0.15, -0.1) is 0 Å². The molecular formula is C15H23N3. The lowest BCUT2D eigenvalue weighted by Gasteiger charge is -2.33. The van der Waals surface area contributed by atoms with E-state index < -0.39 is 5.54 Å². The lowest BCUT2D eigenvalue weighted by Crippen LogP contribution is -2.49. The minimum Gasteiger partial charge on any atom is -0.309 e. The van der Waals surface area contributed by atoms with E-state index in [4.69, 9.17) is 5.73 Å². The van der Waals surface area contributed by atoms with Crippen molar-refractivity contribution < 1.29 is 0 Å². The molecule has 1 rings (SSSR count). The molecule has 2 atom stereocenters. The van der Waals surface area contributed by atoms with E-state index in [0.717, 1.165) is 5.56 Å². The highest BCUT2D eigenvalue weighted by atomic mass is 15.1. The number of hydrogen-bond donors (Lipinski definition) is 1. The zero-order valence-corrected chi connectivity index (χ0v) is 11.7. The van der Waals surface area contributed by atoms with Crippen LogP contribution in [0.5, 0.6) is 0 Å². The van der Waals surface area contributed by atoms with Crippen LogP contribution < -0.4 is 5.73 Å². The molecule has 2 unspecified atom stereocenters. The van der Waals surface area contributed by atoms with Crippen LogP contribution in [0.25, 0.3) is 0 Å². The van der Waals surface area contributed by atoms with Gasteiger partial charge in [0.05, 0.1) is 6.07 Å². The highest BCUT2D eigenvalue weighted by Gasteiger charge is 2.30. The fourth-order valence-corrected chi connectivity index (χ4v) is 1.97. The lowest BCUT2D eigenvalue weighted by molar-refractivity contribution is 0.181. The molecule has 1 aromatic rings. The van der Waals surface area contributed by atoms with Crippen LogP contribution in [0.3, 0.4) is 0 Å². The Labute approximate surface area is 110 Å². The third kappa shape index (κ3) is 3.32. The van der Waals surface area contributed by atoms with E-state index in [0.29, 0.717) is 18.5 Å². The average Bonchev–Trinajstić information content (AvgIpc) is 2.38. The van der Waals surface area contributed by atoms with Gasteiger partial charge < -0.3 is 10.6 Å². The molecule has 98 valence electrons. The van der Waals surface area contributed by atoms with Crippen LogP contribution >= 0.6 is 0 Å². The first-order valence-electron chi connectivity index (χ1n) is 6.36. The minimum atomic E-state index is -0.945. The summed E-state index contributed by atoms with van der Waals surface area (Å²) in [6.07, 6.45) is 0. The lowest BCUT2D eigenvalue weighted by atomic mass is 9.91. The second kappa shape index (κ2) is 5.99. The van der Waals surface area contributed by atoms with Crippen molar-refractivity contribution in [2.24, 2.45) is 11.7 Å². The van der Waals surface area contributed by atoms with E-state index in [1.807, 2.05) is 37.4 Å². The van der Waals surface area contributed by atoms with Crippen molar-refractivity contribution in [2.75, 3.05) is 13.6 Å². The van der Waals surface area contributed by atoms with Crippen molar-refractivity contribution in [1.82, 2.24) is 4.90 Å². The molecule has 18 heavy (non-hydrogen) atoms. The van der Waals surface area contributed by atoms with Crippen LogP contribution in [-0.2, 0) is 5.54 Å². The standard InChI is InChI=1S/C15H23N3/c1-12(2)13(3)18(4)11-15(17,10-16)14-8-6-5-7-9-14/h5-9,12-13H,11,17H2,1-4H3. The molecule has 0 heterocycles. The van der Waals surface area contributed by atoms with Crippen molar-refractivity contribution in [3.05, 3.63) is 35.9 Å². The van der Waals surface area contributed by atoms with Crippen molar-refractivity contribution in [1.29, 1.82) is 5.26 Å². The van der Waals surface area contributed by atoms with Gasteiger partial charge in [-0.1, -0.05) is 44.2 Å². The number of nitrogens with two attached hydrogens (primary N) is 1. The second-order valence-corrected chi connectivity index (χ2v) is 5.35. The Bertz CT molecular complexity index is 407. The zero-order chi connectivity index (χ0) is 13.8. The topological polar surface area (TPSA) is 53.0 Å². The van der Waals surface area contributed by atoms with Crippen LogP contribution in [0, 0.1) is 17.2 Å². The first-order valence-corrected chi connectivity index (χ1v) is 6.36. The third-order valence-electron chi connectivity index (χ3n) is 3.65. The maximum absolute atomic E-state index is 9.41. The van der Waals surface area contributed by atoms with Gasteiger partial charge in [0.1, 0.15) is 5.54 Å². The molecule has 0 aromatic heterocycles. The minimum absolute atomic E-state index is 0.394. The van der Waals surface area contributed by atoms with E-state index in [1.54, 1.807) is 0 Å². The Morgan fingerprint density at radius 3 is 2.28 bits per heavy atom. The van der Waals surface area contributed by atoms with Gasteiger partial charge in [-0.3, -0.25) is 0 Å². The van der Waals surface area contributed by atoms with Gasteiger partial charge in [-0.2, -0.15) is 5.26 Å². The smallest absolute Gasteiger partial charge is 0.142 e. The molecule has 3 nitrogen and oxygen atoms in total. The van der Waals surface area contributed by atoms with Gasteiger partial charge in [0, 0.05) is 12.6 Å². The molecule has 0 saturated heterocycles. The van der Waals surface area contributed by atoms with E-state index in [2.05, 4.69) is 31.7 Å². The van der Waals surface area contributed by atoms with E-state index in [1.165, 1.54) is 0 Å². The van der Waals surface area contributed by atoms with Gasteiger partial charge in [-0.25, -0.2) is 0 Å². The molecular weight excluding hydrogens is 222 g/mol. The maximum atomic E-state index is 9.41. The molecule has 3 heteroatoms. The quantitative estimate of drug-likeness (QED) is 0.866. The first kappa shape index (κ1) is 14.7. The second-order valence-electron chi connectivity index (χ2n) is 5.35. The van der Waals surface area contributed by atoms with Crippen LogP contribution in [0.15, 0.2) is 30.3 Å². The number of likely N-dealkylation sites (N-methyl/N-ethyl adjacent to an activating group) is 1. The molecule has 2 N–H and O–H groups in total. The monoisotopic (exact) mass is 245 g/mol. The third-order valence-corrected chi connectivity index (χ3v) is 3.65. The summed E-state index contributed by atoms with van der Waals surface area (Å²) in [5.41, 5.74) is 6.18. The molecule has 1 aromatic carbocycles. The summed E-state index contributed by atoms with van der Waals surface area (Å²) in [4.78, 5) is 2.15. The number of nitrogens with zero attached hydrogens (tertiary/aromatic N) is 2. The highest BCUT2D eigenvalue weighted by molar-refractivity contribution is 5.31. The van der Waals surface area contributed by atoms with Gasteiger partial charge in [0.2, 0.25) is 0 Å². The van der Waals surface area contributed by atoms with Gasteiger partial charge in [0.15, 0.2) is 0 Å². The summed E-state index contributed by atoms with van der Waals surface area (Å²) in [5, 5.41) is 9.41. The summed E-state index contributed by atoms with van der Waals surface area (Å²) in [6, 6.07) is 12.2. The number of benzene rings is 1. The molecule has 0 spiro atoms. The summed E-state index contributed by atoms with van der Waals surface area (Å²) in [6.45, 7) is 7.04. The van der Waals surface area contributed by atoms with E-state index in [-0.39, 0.29) is 0 Å². The van der Waals surface area contributed by atoms with Crippen LogP contribution in [0.2, 0.25) is 0 Å². The molecule has 0 aliphatic rings. The Morgan fingerprint density at radius 2 is 1.83 bits per heavy atom. The molecule has 0 fully saturated rings. The predicted octanol–water partition coefficient (Wildman–Crippen LogP) is 2.34. The number of nitriles is 1. The summed E-state index contributed by atoms with van der Waals surface area (Å²) in [5.74, 6) is 0.536. The predicted molar refractivity (Wildman–Crippen MR) is 74.9 cm³/mol. The van der Waals surface area contributed by atoms with E-state index in [9.17, 15) is 5.26 Å². The largest absolute Gasteiger partial charge is 0.309 e. The van der Waals surface area contributed by atoms with Crippen molar-refractivity contribution in [3.63, 3.8) is 0 Å². The fraction of sp³-hybridized carbons (Fsp3) is 0.533. The Kier molecular flexibility index (Phi) is 4.89.